The molecule has 0 aliphatic rings. The van der Waals surface area contributed by atoms with Crippen molar-refractivity contribution in [2.24, 2.45) is 11.8 Å². The highest BCUT2D eigenvalue weighted by Gasteiger charge is 2.07. The number of rotatable bonds is 10. The lowest BCUT2D eigenvalue weighted by Gasteiger charge is -2.13. The zero-order valence-electron chi connectivity index (χ0n) is 14.9. The summed E-state index contributed by atoms with van der Waals surface area (Å²) in [5, 5.41) is 0. The van der Waals surface area contributed by atoms with Crippen LogP contribution < -0.4 is 4.74 Å². The molecule has 0 radical (unpaired) electrons. The van der Waals surface area contributed by atoms with Gasteiger partial charge >= 0.3 is 0 Å². The molecule has 1 aromatic carbocycles. The van der Waals surface area contributed by atoms with Crippen LogP contribution in [0.25, 0.3) is 0 Å². The van der Waals surface area contributed by atoms with Gasteiger partial charge in [-0.3, -0.25) is 4.79 Å². The van der Waals surface area contributed by atoms with Crippen LogP contribution in [-0.2, 0) is 11.2 Å². The predicted octanol–water partition coefficient (Wildman–Crippen LogP) is 5.36. The molecule has 0 bridgehead atoms. The average Bonchev–Trinajstić information content (AvgIpc) is 2.46. The summed E-state index contributed by atoms with van der Waals surface area (Å²) in [6.07, 6.45) is 5.06. The second-order valence-electron chi connectivity index (χ2n) is 6.99. The third-order valence-corrected chi connectivity index (χ3v) is 3.86. The lowest BCUT2D eigenvalue weighted by molar-refractivity contribution is -0.122. The van der Waals surface area contributed by atoms with Gasteiger partial charge < -0.3 is 4.74 Å². The van der Waals surface area contributed by atoms with Gasteiger partial charge in [0.05, 0.1) is 6.61 Å². The number of benzene rings is 1. The fourth-order valence-electron chi connectivity index (χ4n) is 2.31. The van der Waals surface area contributed by atoms with Gasteiger partial charge in [-0.25, -0.2) is 0 Å². The Kier molecular flexibility index (Phi) is 8.22. The van der Waals surface area contributed by atoms with E-state index in [9.17, 15) is 4.79 Å². The number of hydrogen-bond acceptors (Lipinski definition) is 2. The third-order valence-electron chi connectivity index (χ3n) is 3.86. The number of Topliss-reactive ketones (excluding diaryl/α,β-unsaturated/α-hetero) is 1. The summed E-state index contributed by atoms with van der Waals surface area (Å²) >= 11 is 0. The van der Waals surface area contributed by atoms with Crippen LogP contribution in [0.2, 0.25) is 0 Å². The number of carbonyl (C=O) groups is 1. The van der Waals surface area contributed by atoms with Gasteiger partial charge in [0, 0.05) is 12.3 Å². The largest absolute Gasteiger partial charge is 0.493 e. The number of unbranched alkanes of at least 4 members (excludes halogenated alkanes) is 2. The van der Waals surface area contributed by atoms with E-state index in [0.29, 0.717) is 11.7 Å². The molecule has 0 aliphatic carbocycles. The zero-order chi connectivity index (χ0) is 16.5. The van der Waals surface area contributed by atoms with Crippen molar-refractivity contribution in [2.75, 3.05) is 6.61 Å². The van der Waals surface area contributed by atoms with Gasteiger partial charge in [0.2, 0.25) is 0 Å². The summed E-state index contributed by atoms with van der Waals surface area (Å²) in [6.45, 7) is 11.1. The highest BCUT2D eigenvalue weighted by atomic mass is 16.5. The van der Waals surface area contributed by atoms with Gasteiger partial charge in [-0.1, -0.05) is 46.2 Å². The number of ketones is 1. The quantitative estimate of drug-likeness (QED) is 0.544. The Bertz CT molecular complexity index is 461. The minimum absolute atomic E-state index is 0.178. The molecule has 0 unspecified atom stereocenters. The van der Waals surface area contributed by atoms with Crippen LogP contribution in [0.5, 0.6) is 5.75 Å². The summed E-state index contributed by atoms with van der Waals surface area (Å²) in [5.74, 6) is 2.13. The molecular formula is C20H32O2. The third kappa shape index (κ3) is 7.11. The molecule has 0 atom stereocenters. The maximum atomic E-state index is 11.6. The number of ether oxygens (including phenoxy) is 1. The van der Waals surface area contributed by atoms with E-state index in [1.807, 2.05) is 13.8 Å². The lowest BCUT2D eigenvalue weighted by atomic mass is 10.0. The molecule has 1 rings (SSSR count). The topological polar surface area (TPSA) is 26.3 Å². The van der Waals surface area contributed by atoms with E-state index in [2.05, 4.69) is 39.0 Å². The van der Waals surface area contributed by atoms with Gasteiger partial charge in [-0.2, -0.15) is 0 Å². The van der Waals surface area contributed by atoms with E-state index in [-0.39, 0.29) is 5.92 Å². The molecule has 0 aromatic heterocycles. The molecule has 0 amide bonds. The first-order valence-corrected chi connectivity index (χ1v) is 8.65. The summed E-state index contributed by atoms with van der Waals surface area (Å²) < 4.78 is 5.88. The Morgan fingerprint density at radius 3 is 2.45 bits per heavy atom. The Hall–Kier alpha value is -1.31. The van der Waals surface area contributed by atoms with Crippen LogP contribution >= 0.6 is 0 Å². The van der Waals surface area contributed by atoms with E-state index >= 15 is 0 Å². The molecule has 0 spiro atoms. The first-order valence-electron chi connectivity index (χ1n) is 8.65. The fourth-order valence-corrected chi connectivity index (χ4v) is 2.31. The van der Waals surface area contributed by atoms with Gasteiger partial charge in [-0.15, -0.1) is 0 Å². The predicted molar refractivity (Wildman–Crippen MR) is 93.5 cm³/mol. The van der Waals surface area contributed by atoms with Crippen molar-refractivity contribution < 1.29 is 9.53 Å². The lowest BCUT2D eigenvalue weighted by Crippen LogP contribution is -2.06. The Balaban J connectivity index is 2.36. The van der Waals surface area contributed by atoms with Gasteiger partial charge in [0.1, 0.15) is 11.5 Å². The average molecular weight is 304 g/mol. The standard InChI is InChI=1S/C20H32O2/c1-15(2)14-22-20-13-18(12-11-17(20)5)9-7-6-8-10-19(21)16(3)4/h11-13,15-16H,6-10,14H2,1-5H3. The summed E-state index contributed by atoms with van der Waals surface area (Å²) in [4.78, 5) is 11.6. The summed E-state index contributed by atoms with van der Waals surface area (Å²) in [7, 11) is 0. The maximum Gasteiger partial charge on any atom is 0.135 e. The van der Waals surface area contributed by atoms with Crippen molar-refractivity contribution in [1.29, 1.82) is 0 Å². The van der Waals surface area contributed by atoms with Crippen LogP contribution in [0.3, 0.4) is 0 Å². The summed E-state index contributed by atoms with van der Waals surface area (Å²) in [6, 6.07) is 6.51. The molecule has 2 nitrogen and oxygen atoms in total. The second-order valence-corrected chi connectivity index (χ2v) is 6.99. The monoisotopic (exact) mass is 304 g/mol. The van der Waals surface area contributed by atoms with Crippen LogP contribution in [0, 0.1) is 18.8 Å². The molecule has 0 N–H and O–H groups in total. The van der Waals surface area contributed by atoms with Gasteiger partial charge in [-0.05, 0) is 49.3 Å². The van der Waals surface area contributed by atoms with Crippen LogP contribution in [-0.4, -0.2) is 12.4 Å². The first kappa shape index (κ1) is 18.7. The molecule has 22 heavy (non-hydrogen) atoms. The second kappa shape index (κ2) is 9.66. The van der Waals surface area contributed by atoms with E-state index in [4.69, 9.17) is 4.74 Å². The molecule has 0 heterocycles. The van der Waals surface area contributed by atoms with Crippen LogP contribution in [0.4, 0.5) is 0 Å². The van der Waals surface area contributed by atoms with Crippen molar-refractivity contribution in [3.8, 4) is 5.75 Å². The summed E-state index contributed by atoms with van der Waals surface area (Å²) in [5.41, 5.74) is 2.53. The molecule has 124 valence electrons. The smallest absolute Gasteiger partial charge is 0.135 e. The maximum absolute atomic E-state index is 11.6. The highest BCUT2D eigenvalue weighted by molar-refractivity contribution is 5.80. The Morgan fingerprint density at radius 1 is 1.09 bits per heavy atom. The molecular weight excluding hydrogens is 272 g/mol. The molecule has 0 aliphatic heterocycles. The fraction of sp³-hybridized carbons (Fsp3) is 0.650. The molecule has 0 fully saturated rings. The van der Waals surface area contributed by atoms with E-state index in [1.165, 1.54) is 11.1 Å². The molecule has 1 aromatic rings. The van der Waals surface area contributed by atoms with E-state index < -0.39 is 0 Å². The van der Waals surface area contributed by atoms with Crippen molar-refractivity contribution in [2.45, 2.75) is 66.7 Å². The number of hydrogen-bond donors (Lipinski definition) is 0. The number of aryl methyl sites for hydroxylation is 2. The van der Waals surface area contributed by atoms with Crippen molar-refractivity contribution in [1.82, 2.24) is 0 Å². The Labute approximate surface area is 136 Å². The normalized spacial score (nSPS) is 11.2. The molecule has 2 heteroatoms. The van der Waals surface area contributed by atoms with Crippen molar-refractivity contribution in [3.05, 3.63) is 29.3 Å². The molecule has 0 saturated heterocycles. The minimum Gasteiger partial charge on any atom is -0.493 e. The molecule has 0 saturated carbocycles. The SMILES string of the molecule is Cc1ccc(CCCCCC(=O)C(C)C)cc1OCC(C)C. The van der Waals surface area contributed by atoms with Crippen LogP contribution in [0.1, 0.15) is 64.5 Å². The minimum atomic E-state index is 0.178. The van der Waals surface area contributed by atoms with E-state index in [0.717, 1.165) is 44.5 Å². The first-order chi connectivity index (χ1) is 10.4. The van der Waals surface area contributed by atoms with Crippen molar-refractivity contribution >= 4 is 5.78 Å². The van der Waals surface area contributed by atoms with Gasteiger partial charge in [0.15, 0.2) is 0 Å². The van der Waals surface area contributed by atoms with E-state index in [1.54, 1.807) is 0 Å². The number of carbonyl (C=O) groups excluding carboxylic acids is 1. The zero-order valence-corrected chi connectivity index (χ0v) is 14.9. The van der Waals surface area contributed by atoms with Crippen molar-refractivity contribution in [3.63, 3.8) is 0 Å². The van der Waals surface area contributed by atoms with Crippen LogP contribution in [0.15, 0.2) is 18.2 Å². The van der Waals surface area contributed by atoms with Gasteiger partial charge in [0.25, 0.3) is 0 Å². The highest BCUT2D eigenvalue weighted by Crippen LogP contribution is 2.21. The Morgan fingerprint density at radius 2 is 1.82 bits per heavy atom.